The maximum Gasteiger partial charge on any atom is 0.270 e. The Kier molecular flexibility index (Phi) is 6.40. The quantitative estimate of drug-likeness (QED) is 0.208. The van der Waals surface area contributed by atoms with Crippen molar-refractivity contribution in [2.24, 2.45) is 0 Å². The summed E-state index contributed by atoms with van der Waals surface area (Å²) >= 11 is 6.32. The van der Waals surface area contributed by atoms with Crippen molar-refractivity contribution in [1.29, 1.82) is 0 Å². The highest BCUT2D eigenvalue weighted by Crippen LogP contribution is 2.35. The van der Waals surface area contributed by atoms with Crippen molar-refractivity contribution >= 4 is 46.0 Å². The molecule has 148 valence electrons. The molecule has 1 heterocycles. The summed E-state index contributed by atoms with van der Waals surface area (Å²) in [6, 6.07) is 9.93. The first-order valence-corrected chi connectivity index (χ1v) is 9.63. The van der Waals surface area contributed by atoms with E-state index in [4.69, 9.17) is 17.0 Å². The molecule has 1 saturated heterocycles. The number of amides is 1. The zero-order valence-electron chi connectivity index (χ0n) is 15.0. The van der Waals surface area contributed by atoms with E-state index in [9.17, 15) is 19.3 Å². The van der Waals surface area contributed by atoms with Gasteiger partial charge in [0.15, 0.2) is 0 Å². The van der Waals surface area contributed by atoms with E-state index in [2.05, 4.69) is 6.58 Å². The van der Waals surface area contributed by atoms with Gasteiger partial charge in [0.2, 0.25) is 0 Å². The molecule has 0 atom stereocenters. The molecule has 0 aliphatic carbocycles. The monoisotopic (exact) mass is 430 g/mol. The van der Waals surface area contributed by atoms with Gasteiger partial charge in [0.05, 0.1) is 9.83 Å². The molecule has 1 aliphatic rings. The number of benzene rings is 2. The van der Waals surface area contributed by atoms with Gasteiger partial charge in [-0.25, -0.2) is 4.39 Å². The third-order valence-corrected chi connectivity index (χ3v) is 5.36. The van der Waals surface area contributed by atoms with Crippen molar-refractivity contribution in [2.75, 3.05) is 6.54 Å². The lowest BCUT2D eigenvalue weighted by Crippen LogP contribution is -2.27. The van der Waals surface area contributed by atoms with Gasteiger partial charge in [-0.2, -0.15) is 0 Å². The third kappa shape index (κ3) is 4.87. The summed E-state index contributed by atoms with van der Waals surface area (Å²) in [4.78, 5) is 24.9. The molecule has 2 aromatic carbocycles. The number of carbonyl (C=O) groups excluding carboxylic acids is 1. The Balaban J connectivity index is 1.91. The molecule has 0 radical (unpaired) electrons. The van der Waals surface area contributed by atoms with E-state index in [1.54, 1.807) is 18.2 Å². The second kappa shape index (κ2) is 8.97. The summed E-state index contributed by atoms with van der Waals surface area (Å²) in [7, 11) is 0. The first-order valence-electron chi connectivity index (χ1n) is 8.41. The van der Waals surface area contributed by atoms with Gasteiger partial charge in [-0.15, -0.1) is 6.58 Å². The standard InChI is InChI=1S/C20H15FN2O4S2/c1-2-9-22-19(24)18(29-20(22)28)11-14-10-16(23(25)26)7-8-17(14)27-12-13-3-5-15(21)6-4-13/h2-8,10-11H,1,9,12H2/b18-11+. The molecule has 0 aromatic heterocycles. The van der Waals surface area contributed by atoms with Gasteiger partial charge >= 0.3 is 0 Å². The van der Waals surface area contributed by atoms with Crippen LogP contribution < -0.4 is 4.74 Å². The highest BCUT2D eigenvalue weighted by atomic mass is 32.2. The predicted octanol–water partition coefficient (Wildman–Crippen LogP) is 4.70. The smallest absolute Gasteiger partial charge is 0.270 e. The Morgan fingerprint density at radius 3 is 2.66 bits per heavy atom. The molecule has 0 N–H and O–H groups in total. The number of nitro benzene ring substituents is 1. The van der Waals surface area contributed by atoms with Gasteiger partial charge in [-0.05, 0) is 29.8 Å². The van der Waals surface area contributed by atoms with Crippen LogP contribution in [0.4, 0.5) is 10.1 Å². The number of thioether (sulfide) groups is 1. The van der Waals surface area contributed by atoms with Crippen LogP contribution >= 0.6 is 24.0 Å². The summed E-state index contributed by atoms with van der Waals surface area (Å²) in [6.07, 6.45) is 3.09. The number of halogens is 1. The minimum atomic E-state index is -0.524. The summed E-state index contributed by atoms with van der Waals surface area (Å²) < 4.78 is 19.2. The van der Waals surface area contributed by atoms with Crippen LogP contribution in [0.5, 0.6) is 5.75 Å². The molecule has 1 amide bonds. The largest absolute Gasteiger partial charge is 0.488 e. The fourth-order valence-electron chi connectivity index (χ4n) is 2.56. The van der Waals surface area contributed by atoms with E-state index in [1.807, 2.05) is 0 Å². The Labute approximate surface area is 175 Å². The maximum atomic E-state index is 13.0. The van der Waals surface area contributed by atoms with E-state index in [-0.39, 0.29) is 30.6 Å². The van der Waals surface area contributed by atoms with Crippen LogP contribution in [0.15, 0.2) is 60.0 Å². The second-order valence-corrected chi connectivity index (χ2v) is 7.65. The van der Waals surface area contributed by atoms with E-state index >= 15 is 0 Å². The van der Waals surface area contributed by atoms with E-state index in [1.165, 1.54) is 41.3 Å². The molecule has 2 aromatic rings. The molecule has 6 nitrogen and oxygen atoms in total. The number of rotatable bonds is 7. The van der Waals surface area contributed by atoms with Crippen molar-refractivity contribution in [3.63, 3.8) is 0 Å². The van der Waals surface area contributed by atoms with Crippen molar-refractivity contribution in [1.82, 2.24) is 4.90 Å². The minimum absolute atomic E-state index is 0.132. The van der Waals surface area contributed by atoms with Crippen molar-refractivity contribution in [2.45, 2.75) is 6.61 Å². The average molecular weight is 430 g/mol. The summed E-state index contributed by atoms with van der Waals surface area (Å²) in [6.45, 7) is 4.02. The first kappa shape index (κ1) is 20.7. The predicted molar refractivity (Wildman–Crippen MR) is 114 cm³/mol. The number of ether oxygens (including phenoxy) is 1. The zero-order chi connectivity index (χ0) is 21.0. The van der Waals surface area contributed by atoms with Crippen molar-refractivity contribution in [3.8, 4) is 5.75 Å². The van der Waals surface area contributed by atoms with Gasteiger partial charge in [-0.1, -0.05) is 42.2 Å². The van der Waals surface area contributed by atoms with Gasteiger partial charge in [-0.3, -0.25) is 19.8 Å². The molecule has 1 aliphatic heterocycles. The van der Waals surface area contributed by atoms with Crippen LogP contribution in [0.3, 0.4) is 0 Å². The molecule has 0 saturated carbocycles. The molecular formula is C20H15FN2O4S2. The lowest BCUT2D eigenvalue weighted by Gasteiger charge is -2.11. The number of thiocarbonyl (C=S) groups is 1. The molecule has 0 bridgehead atoms. The Morgan fingerprint density at radius 1 is 1.28 bits per heavy atom. The Morgan fingerprint density at radius 2 is 2.00 bits per heavy atom. The number of nitrogens with zero attached hydrogens (tertiary/aromatic N) is 2. The van der Waals surface area contributed by atoms with Gasteiger partial charge < -0.3 is 4.74 Å². The van der Waals surface area contributed by atoms with Gasteiger partial charge in [0.25, 0.3) is 11.6 Å². The molecular weight excluding hydrogens is 415 g/mol. The molecule has 29 heavy (non-hydrogen) atoms. The lowest BCUT2D eigenvalue weighted by atomic mass is 10.1. The highest BCUT2D eigenvalue weighted by molar-refractivity contribution is 8.26. The van der Waals surface area contributed by atoms with Crippen LogP contribution in [-0.2, 0) is 11.4 Å². The maximum absolute atomic E-state index is 13.0. The third-order valence-electron chi connectivity index (χ3n) is 3.98. The van der Waals surface area contributed by atoms with E-state index in [0.717, 1.165) is 17.3 Å². The Hall–Kier alpha value is -3.04. The number of hydrogen-bond donors (Lipinski definition) is 0. The number of nitro groups is 1. The topological polar surface area (TPSA) is 72.7 Å². The molecule has 0 spiro atoms. The fraction of sp³-hybridized carbons (Fsp3) is 0.100. The van der Waals surface area contributed by atoms with E-state index < -0.39 is 4.92 Å². The fourth-order valence-corrected chi connectivity index (χ4v) is 3.83. The van der Waals surface area contributed by atoms with Crippen LogP contribution in [0.25, 0.3) is 6.08 Å². The average Bonchev–Trinajstić information content (AvgIpc) is 2.96. The van der Waals surface area contributed by atoms with Crippen LogP contribution in [0, 0.1) is 15.9 Å². The first-order chi connectivity index (χ1) is 13.9. The van der Waals surface area contributed by atoms with Crippen LogP contribution in [0.2, 0.25) is 0 Å². The highest BCUT2D eigenvalue weighted by Gasteiger charge is 2.31. The van der Waals surface area contributed by atoms with Crippen LogP contribution in [-0.4, -0.2) is 26.6 Å². The number of hydrogen-bond acceptors (Lipinski definition) is 6. The summed E-state index contributed by atoms with van der Waals surface area (Å²) in [5, 5.41) is 11.2. The summed E-state index contributed by atoms with van der Waals surface area (Å²) in [5.41, 5.74) is 0.973. The molecule has 0 unspecified atom stereocenters. The SMILES string of the molecule is C=CCN1C(=O)/C(=C\c2cc([N+](=O)[O-])ccc2OCc2ccc(F)cc2)SC1=S. The summed E-state index contributed by atoms with van der Waals surface area (Å²) in [5.74, 6) is -0.295. The number of non-ortho nitro benzene ring substituents is 1. The molecule has 1 fully saturated rings. The minimum Gasteiger partial charge on any atom is -0.488 e. The van der Waals surface area contributed by atoms with Gasteiger partial charge in [0, 0.05) is 24.2 Å². The normalized spacial score (nSPS) is 15.1. The van der Waals surface area contributed by atoms with Crippen LogP contribution in [0.1, 0.15) is 11.1 Å². The zero-order valence-corrected chi connectivity index (χ0v) is 16.7. The van der Waals surface area contributed by atoms with Gasteiger partial charge in [0.1, 0.15) is 22.5 Å². The molecule has 3 rings (SSSR count). The number of carbonyl (C=O) groups is 1. The second-order valence-electron chi connectivity index (χ2n) is 5.98. The Bertz CT molecular complexity index is 1020. The molecule has 9 heteroatoms. The van der Waals surface area contributed by atoms with E-state index in [0.29, 0.717) is 20.5 Å². The lowest BCUT2D eigenvalue weighted by molar-refractivity contribution is -0.384. The van der Waals surface area contributed by atoms with Crippen molar-refractivity contribution < 1.29 is 18.8 Å². The van der Waals surface area contributed by atoms with Crippen molar-refractivity contribution in [3.05, 3.63) is 87.1 Å².